The first-order chi connectivity index (χ1) is 8.30. The maximum Gasteiger partial charge on any atom is 0.223 e. The molecule has 4 heteroatoms. The predicted molar refractivity (Wildman–Crippen MR) is 71.5 cm³/mol. The van der Waals surface area contributed by atoms with E-state index in [-0.39, 0.29) is 29.3 Å². The lowest BCUT2D eigenvalue weighted by Crippen LogP contribution is -2.52. The molecule has 0 aromatic rings. The molecule has 0 aromatic carbocycles. The molecule has 1 aliphatic rings. The van der Waals surface area contributed by atoms with Crippen LogP contribution in [0, 0.1) is 28.6 Å². The number of hydrogen-bond donors (Lipinski definition) is 2. The molecule has 0 saturated heterocycles. The van der Waals surface area contributed by atoms with Crippen molar-refractivity contribution in [1.29, 1.82) is 5.26 Å². The summed E-state index contributed by atoms with van der Waals surface area (Å²) in [5, 5.41) is 11.6. The number of carbonyl (C=O) groups is 1. The highest BCUT2D eigenvalue weighted by Crippen LogP contribution is 2.44. The standard InChI is InChI=1S/C14H25N3O/c1-9(7-8-15)17-13(18)11-5-6-12(16)10(2)14(11,3)4/h9-12H,5-7,16H2,1-4H3,(H,17,18). The summed E-state index contributed by atoms with van der Waals surface area (Å²) in [7, 11) is 0. The maximum absolute atomic E-state index is 12.3. The van der Waals surface area contributed by atoms with Crippen molar-refractivity contribution in [3.8, 4) is 6.07 Å². The van der Waals surface area contributed by atoms with Crippen LogP contribution in [0.1, 0.15) is 47.0 Å². The number of amides is 1. The molecule has 0 radical (unpaired) electrons. The molecule has 18 heavy (non-hydrogen) atoms. The van der Waals surface area contributed by atoms with Gasteiger partial charge < -0.3 is 11.1 Å². The Morgan fingerprint density at radius 3 is 2.72 bits per heavy atom. The Labute approximate surface area is 110 Å². The number of nitrogens with zero attached hydrogens (tertiary/aromatic N) is 1. The van der Waals surface area contributed by atoms with Crippen LogP contribution in [0.4, 0.5) is 0 Å². The van der Waals surface area contributed by atoms with Gasteiger partial charge in [-0.05, 0) is 31.1 Å². The van der Waals surface area contributed by atoms with E-state index >= 15 is 0 Å². The van der Waals surface area contributed by atoms with Gasteiger partial charge in [-0.15, -0.1) is 0 Å². The fourth-order valence-corrected chi connectivity index (χ4v) is 2.85. The lowest BCUT2D eigenvalue weighted by Gasteiger charge is -2.46. The largest absolute Gasteiger partial charge is 0.352 e. The van der Waals surface area contributed by atoms with Gasteiger partial charge in [0.2, 0.25) is 5.91 Å². The number of rotatable bonds is 3. The first-order valence-electron chi connectivity index (χ1n) is 6.73. The van der Waals surface area contributed by atoms with Gasteiger partial charge in [0.05, 0.1) is 12.5 Å². The molecular formula is C14H25N3O. The van der Waals surface area contributed by atoms with Crippen molar-refractivity contribution in [2.45, 2.75) is 59.0 Å². The molecule has 1 rings (SSSR count). The van der Waals surface area contributed by atoms with Gasteiger partial charge in [-0.3, -0.25) is 4.79 Å². The topological polar surface area (TPSA) is 78.9 Å². The molecule has 102 valence electrons. The second-order valence-electron chi connectivity index (χ2n) is 6.18. The Hall–Kier alpha value is -1.08. The summed E-state index contributed by atoms with van der Waals surface area (Å²) >= 11 is 0. The normalized spacial score (nSPS) is 32.3. The van der Waals surface area contributed by atoms with Crippen molar-refractivity contribution in [3.63, 3.8) is 0 Å². The Kier molecular flexibility index (Phi) is 4.75. The molecule has 0 aromatic heterocycles. The monoisotopic (exact) mass is 251 g/mol. The summed E-state index contributed by atoms with van der Waals surface area (Å²) in [6.45, 7) is 8.24. The fourth-order valence-electron chi connectivity index (χ4n) is 2.85. The third kappa shape index (κ3) is 3.02. The van der Waals surface area contributed by atoms with Gasteiger partial charge in [-0.2, -0.15) is 5.26 Å². The molecule has 4 unspecified atom stereocenters. The summed E-state index contributed by atoms with van der Waals surface area (Å²) in [4.78, 5) is 12.3. The SMILES string of the molecule is CC(CC#N)NC(=O)C1CCC(N)C(C)C1(C)C. The summed E-state index contributed by atoms with van der Waals surface area (Å²) < 4.78 is 0. The minimum Gasteiger partial charge on any atom is -0.352 e. The van der Waals surface area contributed by atoms with Crippen LogP contribution >= 0.6 is 0 Å². The first-order valence-corrected chi connectivity index (χ1v) is 6.73. The minimum absolute atomic E-state index is 0.00607. The molecule has 0 spiro atoms. The summed E-state index contributed by atoms with van der Waals surface area (Å²) in [5.74, 6) is 0.392. The smallest absolute Gasteiger partial charge is 0.223 e. The zero-order chi connectivity index (χ0) is 13.9. The Morgan fingerprint density at radius 1 is 1.56 bits per heavy atom. The lowest BCUT2D eigenvalue weighted by molar-refractivity contribution is -0.133. The van der Waals surface area contributed by atoms with E-state index in [9.17, 15) is 4.79 Å². The van der Waals surface area contributed by atoms with Gasteiger partial charge in [0.1, 0.15) is 0 Å². The number of nitrogens with two attached hydrogens (primary N) is 1. The molecule has 0 bridgehead atoms. The quantitative estimate of drug-likeness (QED) is 0.802. The number of carbonyl (C=O) groups excluding carboxylic acids is 1. The van der Waals surface area contributed by atoms with Crippen LogP contribution in [0.15, 0.2) is 0 Å². The van der Waals surface area contributed by atoms with Gasteiger partial charge >= 0.3 is 0 Å². The highest BCUT2D eigenvalue weighted by molar-refractivity contribution is 5.80. The molecule has 4 nitrogen and oxygen atoms in total. The van der Waals surface area contributed by atoms with E-state index < -0.39 is 0 Å². The summed E-state index contributed by atoms with van der Waals surface area (Å²) in [6, 6.07) is 2.18. The van der Waals surface area contributed by atoms with Crippen LogP contribution < -0.4 is 11.1 Å². The van der Waals surface area contributed by atoms with Gasteiger partial charge in [0.15, 0.2) is 0 Å². The molecule has 0 aliphatic heterocycles. The van der Waals surface area contributed by atoms with Gasteiger partial charge in [0.25, 0.3) is 0 Å². The van der Waals surface area contributed by atoms with E-state index in [0.29, 0.717) is 12.3 Å². The van der Waals surface area contributed by atoms with Crippen LogP contribution in [0.5, 0.6) is 0 Å². The van der Waals surface area contributed by atoms with Gasteiger partial charge in [0, 0.05) is 18.0 Å². The zero-order valence-electron chi connectivity index (χ0n) is 11.9. The first kappa shape index (κ1) is 15.0. The minimum atomic E-state index is -0.0892. The molecule has 0 heterocycles. The summed E-state index contributed by atoms with van der Waals surface area (Å²) in [5.41, 5.74) is 6.00. The van der Waals surface area contributed by atoms with Gasteiger partial charge in [-0.1, -0.05) is 20.8 Å². The molecule has 1 saturated carbocycles. The second kappa shape index (κ2) is 5.71. The third-order valence-corrected chi connectivity index (χ3v) is 4.61. The Bertz CT molecular complexity index is 345. The molecular weight excluding hydrogens is 226 g/mol. The second-order valence-corrected chi connectivity index (χ2v) is 6.18. The van der Waals surface area contributed by atoms with Crippen molar-refractivity contribution in [1.82, 2.24) is 5.32 Å². The van der Waals surface area contributed by atoms with Crippen LogP contribution in [0.2, 0.25) is 0 Å². The van der Waals surface area contributed by atoms with Crippen molar-refractivity contribution in [2.75, 3.05) is 0 Å². The van der Waals surface area contributed by atoms with Gasteiger partial charge in [-0.25, -0.2) is 0 Å². The lowest BCUT2D eigenvalue weighted by atomic mass is 9.61. The molecule has 3 N–H and O–H groups in total. The van der Waals surface area contributed by atoms with Crippen LogP contribution in [0.3, 0.4) is 0 Å². The van der Waals surface area contributed by atoms with E-state index in [1.165, 1.54) is 0 Å². The van der Waals surface area contributed by atoms with Crippen LogP contribution in [0.25, 0.3) is 0 Å². The fraction of sp³-hybridized carbons (Fsp3) is 0.857. The number of nitrogens with one attached hydrogen (secondary N) is 1. The van der Waals surface area contributed by atoms with E-state index in [1.807, 2.05) is 6.92 Å². The van der Waals surface area contributed by atoms with Crippen LogP contribution in [-0.2, 0) is 4.79 Å². The van der Waals surface area contributed by atoms with E-state index in [0.717, 1.165) is 12.8 Å². The van der Waals surface area contributed by atoms with Crippen molar-refractivity contribution in [3.05, 3.63) is 0 Å². The average molecular weight is 251 g/mol. The van der Waals surface area contributed by atoms with E-state index in [4.69, 9.17) is 11.0 Å². The average Bonchev–Trinajstić information content (AvgIpc) is 2.26. The molecule has 1 amide bonds. The maximum atomic E-state index is 12.3. The number of nitriles is 1. The summed E-state index contributed by atoms with van der Waals surface area (Å²) in [6.07, 6.45) is 2.09. The van der Waals surface area contributed by atoms with Crippen LogP contribution in [-0.4, -0.2) is 18.0 Å². The number of hydrogen-bond acceptors (Lipinski definition) is 3. The Morgan fingerprint density at radius 2 is 2.17 bits per heavy atom. The Balaban J connectivity index is 2.71. The highest BCUT2D eigenvalue weighted by Gasteiger charge is 2.45. The molecule has 4 atom stereocenters. The van der Waals surface area contributed by atoms with Crippen molar-refractivity contribution < 1.29 is 4.79 Å². The third-order valence-electron chi connectivity index (χ3n) is 4.61. The highest BCUT2D eigenvalue weighted by atomic mass is 16.2. The van der Waals surface area contributed by atoms with E-state index in [2.05, 4.69) is 32.2 Å². The van der Waals surface area contributed by atoms with Crippen molar-refractivity contribution >= 4 is 5.91 Å². The predicted octanol–water partition coefficient (Wildman–Crippen LogP) is 1.80. The zero-order valence-corrected chi connectivity index (χ0v) is 11.9. The van der Waals surface area contributed by atoms with Crippen molar-refractivity contribution in [2.24, 2.45) is 23.0 Å². The van der Waals surface area contributed by atoms with E-state index in [1.54, 1.807) is 0 Å². The molecule has 1 aliphatic carbocycles. The molecule has 1 fully saturated rings.